The minimum atomic E-state index is 0.173. The van der Waals surface area contributed by atoms with Crippen LogP contribution in [0.25, 0.3) is 0 Å². The van der Waals surface area contributed by atoms with Crippen molar-refractivity contribution in [1.29, 1.82) is 0 Å². The number of benzene rings is 1. The minimum Gasteiger partial charge on any atom is -0.467 e. The summed E-state index contributed by atoms with van der Waals surface area (Å²) in [7, 11) is 3.06. The maximum atomic E-state index is 5.96. The lowest BCUT2D eigenvalue weighted by atomic mass is 10.1. The van der Waals surface area contributed by atoms with Crippen LogP contribution in [-0.2, 0) is 0 Å². The number of anilines is 3. The van der Waals surface area contributed by atoms with Gasteiger partial charge in [-0.1, -0.05) is 12.1 Å². The topological polar surface area (TPSA) is 136 Å². The molecule has 38 heavy (non-hydrogen) atoms. The average molecular weight is 521 g/mol. The van der Waals surface area contributed by atoms with Crippen molar-refractivity contribution in [3.63, 3.8) is 0 Å². The number of methoxy groups -OCH3 is 2. The maximum absolute atomic E-state index is 5.96. The van der Waals surface area contributed by atoms with Crippen molar-refractivity contribution in [3.8, 4) is 23.8 Å². The van der Waals surface area contributed by atoms with Crippen LogP contribution in [0, 0.1) is 0 Å². The normalized spacial score (nSPS) is 15.9. The zero-order valence-electron chi connectivity index (χ0n) is 21.7. The highest BCUT2D eigenvalue weighted by Crippen LogP contribution is 2.24. The molecule has 0 saturated carbocycles. The zero-order chi connectivity index (χ0) is 26.2. The van der Waals surface area contributed by atoms with Gasteiger partial charge in [0, 0.05) is 26.2 Å². The lowest BCUT2D eigenvalue weighted by molar-refractivity contribution is 0.358. The van der Waals surface area contributed by atoms with Gasteiger partial charge in [-0.25, -0.2) is 5.43 Å². The molecule has 0 aliphatic carbocycles. The van der Waals surface area contributed by atoms with Gasteiger partial charge in [0.2, 0.25) is 11.9 Å². The van der Waals surface area contributed by atoms with Crippen molar-refractivity contribution in [1.82, 2.24) is 29.9 Å². The summed E-state index contributed by atoms with van der Waals surface area (Å²) in [6.45, 7) is 3.63. The Morgan fingerprint density at radius 3 is 2.00 bits per heavy atom. The van der Waals surface area contributed by atoms with Crippen LogP contribution in [0.3, 0.4) is 0 Å². The Bertz CT molecular complexity index is 1250. The molecule has 2 aromatic heterocycles. The third-order valence-electron chi connectivity index (χ3n) is 6.27. The van der Waals surface area contributed by atoms with Crippen LogP contribution in [0.2, 0.25) is 0 Å². The summed E-state index contributed by atoms with van der Waals surface area (Å²) < 4.78 is 16.5. The highest BCUT2D eigenvalue weighted by Gasteiger charge is 2.18. The third-order valence-corrected chi connectivity index (χ3v) is 6.27. The Balaban J connectivity index is 1.27. The first-order valence-corrected chi connectivity index (χ1v) is 12.9. The van der Waals surface area contributed by atoms with E-state index in [0.717, 1.165) is 57.4 Å². The van der Waals surface area contributed by atoms with Crippen molar-refractivity contribution >= 4 is 24.1 Å². The fraction of sp³-hybridized carbons (Fsp3) is 0.480. The number of piperidine rings is 2. The van der Waals surface area contributed by atoms with E-state index in [-0.39, 0.29) is 18.0 Å². The molecule has 5 rings (SSSR count). The molecule has 1 N–H and O–H groups in total. The van der Waals surface area contributed by atoms with Crippen LogP contribution < -0.4 is 29.4 Å². The zero-order valence-corrected chi connectivity index (χ0v) is 21.7. The summed E-state index contributed by atoms with van der Waals surface area (Å²) in [5, 5.41) is 4.30. The number of hydrogen-bond donors (Lipinski definition) is 1. The summed E-state index contributed by atoms with van der Waals surface area (Å²) in [6.07, 6.45) is 8.53. The van der Waals surface area contributed by atoms with Gasteiger partial charge in [0.25, 0.3) is 5.95 Å². The summed E-state index contributed by atoms with van der Waals surface area (Å²) >= 11 is 0. The summed E-state index contributed by atoms with van der Waals surface area (Å²) in [4.78, 5) is 30.6. The van der Waals surface area contributed by atoms with Gasteiger partial charge >= 0.3 is 18.0 Å². The van der Waals surface area contributed by atoms with E-state index in [0.29, 0.717) is 23.6 Å². The van der Waals surface area contributed by atoms with E-state index in [1.807, 2.05) is 24.3 Å². The molecule has 0 atom stereocenters. The van der Waals surface area contributed by atoms with E-state index < -0.39 is 0 Å². The molecular formula is C25H32N10O3. The second-order valence-electron chi connectivity index (χ2n) is 8.99. The summed E-state index contributed by atoms with van der Waals surface area (Å²) in [5.74, 6) is 2.01. The molecule has 13 nitrogen and oxygen atoms in total. The second-order valence-corrected chi connectivity index (χ2v) is 8.99. The van der Waals surface area contributed by atoms with Crippen LogP contribution in [0.4, 0.5) is 17.8 Å². The van der Waals surface area contributed by atoms with Gasteiger partial charge in [0.15, 0.2) is 0 Å². The van der Waals surface area contributed by atoms with E-state index in [1.165, 1.54) is 27.1 Å². The number of ether oxygens (including phenoxy) is 3. The monoisotopic (exact) mass is 520 g/mol. The molecule has 0 bridgehead atoms. The van der Waals surface area contributed by atoms with E-state index >= 15 is 0 Å². The number of nitrogens with zero attached hydrogens (tertiary/aromatic N) is 9. The molecule has 200 valence electrons. The lowest BCUT2D eigenvalue weighted by Crippen LogP contribution is -2.31. The van der Waals surface area contributed by atoms with Crippen molar-refractivity contribution in [2.45, 2.75) is 38.5 Å². The molecule has 1 aromatic carbocycles. The minimum absolute atomic E-state index is 0.173. The molecule has 3 aromatic rings. The van der Waals surface area contributed by atoms with Crippen molar-refractivity contribution in [3.05, 3.63) is 29.8 Å². The third kappa shape index (κ3) is 6.52. The fourth-order valence-corrected chi connectivity index (χ4v) is 4.35. The van der Waals surface area contributed by atoms with Crippen LogP contribution in [0.1, 0.15) is 44.1 Å². The molecule has 2 aliphatic heterocycles. The number of rotatable bonds is 9. The molecule has 2 saturated heterocycles. The predicted molar refractivity (Wildman–Crippen MR) is 143 cm³/mol. The average Bonchev–Trinajstić information content (AvgIpc) is 2.98. The van der Waals surface area contributed by atoms with Crippen molar-refractivity contribution in [2.75, 3.05) is 55.6 Å². The van der Waals surface area contributed by atoms with E-state index in [9.17, 15) is 0 Å². The van der Waals surface area contributed by atoms with Crippen LogP contribution >= 0.6 is 0 Å². The number of aromatic nitrogens is 6. The smallest absolute Gasteiger partial charge is 0.330 e. The highest BCUT2D eigenvalue weighted by molar-refractivity contribution is 5.80. The first-order chi connectivity index (χ1) is 18.7. The first kappa shape index (κ1) is 25.4. The first-order valence-electron chi connectivity index (χ1n) is 12.9. The van der Waals surface area contributed by atoms with E-state index in [2.05, 4.69) is 50.2 Å². The molecule has 4 heterocycles. The molecule has 2 aliphatic rings. The Morgan fingerprint density at radius 2 is 1.34 bits per heavy atom. The van der Waals surface area contributed by atoms with Crippen molar-refractivity contribution < 1.29 is 14.2 Å². The van der Waals surface area contributed by atoms with E-state index in [4.69, 9.17) is 14.2 Å². The largest absolute Gasteiger partial charge is 0.467 e. The maximum Gasteiger partial charge on any atom is 0.330 e. The second kappa shape index (κ2) is 12.3. The number of hydrogen-bond acceptors (Lipinski definition) is 13. The molecule has 0 spiro atoms. The van der Waals surface area contributed by atoms with Gasteiger partial charge in [-0.05, 0) is 56.2 Å². The SMILES string of the molecule is COc1nc(N/N=C\c2cccc(Oc3nc(OC)nc(N4CCCCC4)n3)c2)nc(N2CCCCC2)n1. The van der Waals surface area contributed by atoms with Gasteiger partial charge in [0.1, 0.15) is 5.75 Å². The molecule has 2 fully saturated rings. The highest BCUT2D eigenvalue weighted by atomic mass is 16.5. The molecular weight excluding hydrogens is 488 g/mol. The van der Waals surface area contributed by atoms with Crippen LogP contribution in [0.5, 0.6) is 23.8 Å². The lowest BCUT2D eigenvalue weighted by Gasteiger charge is -2.26. The van der Waals surface area contributed by atoms with Crippen LogP contribution in [0.15, 0.2) is 29.4 Å². The van der Waals surface area contributed by atoms with Gasteiger partial charge < -0.3 is 24.0 Å². The van der Waals surface area contributed by atoms with Crippen molar-refractivity contribution in [2.24, 2.45) is 5.10 Å². The number of nitrogens with one attached hydrogen (secondary N) is 1. The summed E-state index contributed by atoms with van der Waals surface area (Å²) in [5.41, 5.74) is 3.68. The van der Waals surface area contributed by atoms with Gasteiger partial charge in [0.05, 0.1) is 20.4 Å². The Labute approximate surface area is 221 Å². The molecule has 0 amide bonds. The van der Waals surface area contributed by atoms with Gasteiger partial charge in [-0.3, -0.25) is 0 Å². The van der Waals surface area contributed by atoms with Gasteiger partial charge in [-0.15, -0.1) is 4.98 Å². The quantitative estimate of drug-likeness (QED) is 0.327. The van der Waals surface area contributed by atoms with E-state index in [1.54, 1.807) is 6.21 Å². The Morgan fingerprint density at radius 1 is 0.737 bits per heavy atom. The van der Waals surface area contributed by atoms with Crippen LogP contribution in [-0.4, -0.2) is 76.5 Å². The Hall–Kier alpha value is -4.29. The molecule has 0 radical (unpaired) electrons. The molecule has 0 unspecified atom stereocenters. The summed E-state index contributed by atoms with van der Waals surface area (Å²) in [6, 6.07) is 8.05. The standard InChI is InChI=1S/C25H32N10O3/c1-36-23-28-20(27-21(29-23)34-12-5-3-6-13-34)33-26-17-18-10-9-11-19(16-18)38-25-31-22(30-24(32-25)37-2)35-14-7-4-8-15-35/h9-11,16-17H,3-8,12-15H2,1-2H3,(H,27,28,29,33)/b26-17-. The predicted octanol–water partition coefficient (Wildman–Crippen LogP) is 3.29. The Kier molecular flexibility index (Phi) is 8.21. The molecule has 13 heteroatoms. The number of hydrazone groups is 1. The van der Waals surface area contributed by atoms with Gasteiger partial charge in [-0.2, -0.15) is 30.0 Å². The fourth-order valence-electron chi connectivity index (χ4n) is 4.35.